The fraction of sp³-hybridized carbons (Fsp3) is 0.450. The van der Waals surface area contributed by atoms with Gasteiger partial charge < -0.3 is 10.2 Å². The maximum Gasteiger partial charge on any atom is 0.416 e. The molecule has 0 aliphatic carbocycles. The lowest BCUT2D eigenvalue weighted by Gasteiger charge is -2.30. The van der Waals surface area contributed by atoms with Crippen LogP contribution in [0.3, 0.4) is 0 Å². The fourth-order valence-corrected chi connectivity index (χ4v) is 3.96. The predicted molar refractivity (Wildman–Crippen MR) is 105 cm³/mol. The third-order valence-corrected chi connectivity index (χ3v) is 5.39. The molecule has 32 heavy (non-hydrogen) atoms. The number of nitrogens with one attached hydrogen (secondary N) is 1. The van der Waals surface area contributed by atoms with Crippen LogP contribution in [0.25, 0.3) is 16.8 Å². The van der Waals surface area contributed by atoms with Gasteiger partial charge in [-0.3, -0.25) is 4.40 Å². The average molecular weight is 458 g/mol. The summed E-state index contributed by atoms with van der Waals surface area (Å²) in [6, 6.07) is 2.37. The molecular formula is C20H20F6N6. The molecule has 6 nitrogen and oxygen atoms in total. The van der Waals surface area contributed by atoms with Gasteiger partial charge in [-0.15, -0.1) is 10.2 Å². The first-order valence-electron chi connectivity index (χ1n) is 9.92. The molecule has 3 aromatic rings. The van der Waals surface area contributed by atoms with Gasteiger partial charge in [0.15, 0.2) is 0 Å². The Morgan fingerprint density at radius 2 is 1.91 bits per heavy atom. The molecular weight excluding hydrogens is 438 g/mol. The van der Waals surface area contributed by atoms with E-state index in [0.717, 1.165) is 38.1 Å². The molecule has 0 saturated carbocycles. The Morgan fingerprint density at radius 3 is 2.59 bits per heavy atom. The first kappa shape index (κ1) is 22.3. The minimum atomic E-state index is -4.77. The molecule has 1 atom stereocenters. The van der Waals surface area contributed by atoms with Crippen molar-refractivity contribution in [1.29, 1.82) is 0 Å². The molecule has 1 aromatic carbocycles. The van der Waals surface area contributed by atoms with Gasteiger partial charge >= 0.3 is 12.4 Å². The van der Waals surface area contributed by atoms with Crippen LogP contribution in [0, 0.1) is 0 Å². The van der Waals surface area contributed by atoms with E-state index >= 15 is 0 Å². The van der Waals surface area contributed by atoms with Gasteiger partial charge in [-0.2, -0.15) is 26.3 Å². The summed E-state index contributed by atoms with van der Waals surface area (Å²) in [6.07, 6.45) is -6.23. The average Bonchev–Trinajstić information content (AvgIpc) is 3.17. The molecule has 1 aliphatic heterocycles. The predicted octanol–water partition coefficient (Wildman–Crippen LogP) is 4.42. The Hall–Kier alpha value is -2.89. The molecule has 0 bridgehead atoms. The van der Waals surface area contributed by atoms with Crippen molar-refractivity contribution in [1.82, 2.24) is 24.5 Å². The summed E-state index contributed by atoms with van der Waals surface area (Å²) in [5.41, 5.74) is -1.38. The van der Waals surface area contributed by atoms with E-state index in [-0.39, 0.29) is 17.3 Å². The van der Waals surface area contributed by atoms with Gasteiger partial charge in [-0.05, 0) is 44.1 Å². The van der Waals surface area contributed by atoms with Crippen LogP contribution in [-0.4, -0.2) is 56.8 Å². The number of hydrogen-bond acceptors (Lipinski definition) is 5. The number of rotatable bonds is 4. The van der Waals surface area contributed by atoms with Gasteiger partial charge in [0.2, 0.25) is 5.95 Å². The van der Waals surface area contributed by atoms with E-state index in [1.165, 1.54) is 12.5 Å². The van der Waals surface area contributed by atoms with Crippen LogP contribution in [0.2, 0.25) is 0 Å². The monoisotopic (exact) mass is 458 g/mol. The third kappa shape index (κ3) is 4.79. The van der Waals surface area contributed by atoms with Gasteiger partial charge in [-0.25, -0.2) is 4.98 Å². The van der Waals surface area contributed by atoms with E-state index in [0.29, 0.717) is 17.5 Å². The number of likely N-dealkylation sites (N-methyl/N-ethyl adjacent to an activating group) is 1. The maximum atomic E-state index is 13.1. The van der Waals surface area contributed by atoms with E-state index < -0.39 is 29.9 Å². The first-order valence-corrected chi connectivity index (χ1v) is 9.92. The van der Waals surface area contributed by atoms with Gasteiger partial charge in [0.05, 0.1) is 23.7 Å². The quantitative estimate of drug-likeness (QED) is 0.587. The van der Waals surface area contributed by atoms with Gasteiger partial charge in [0, 0.05) is 18.2 Å². The lowest BCUT2D eigenvalue weighted by atomic mass is 9.98. The van der Waals surface area contributed by atoms with Crippen LogP contribution in [0.1, 0.15) is 24.0 Å². The zero-order chi connectivity index (χ0) is 23.1. The number of fused-ring (bicyclic) bond motifs is 1. The minimum absolute atomic E-state index is 0.0294. The molecule has 4 rings (SSSR count). The molecule has 1 fully saturated rings. The lowest BCUT2D eigenvalue weighted by molar-refractivity contribution is -0.138. The third-order valence-electron chi connectivity index (χ3n) is 5.39. The summed E-state index contributed by atoms with van der Waals surface area (Å²) >= 11 is 0. The van der Waals surface area contributed by atoms with Crippen molar-refractivity contribution in [2.45, 2.75) is 37.7 Å². The number of anilines is 1. The van der Waals surface area contributed by atoms with Crippen molar-refractivity contribution in [3.8, 4) is 11.3 Å². The van der Waals surface area contributed by atoms with Gasteiger partial charge in [-0.1, -0.05) is 6.07 Å². The summed E-state index contributed by atoms with van der Waals surface area (Å²) in [4.78, 5) is 6.21. The molecule has 0 spiro atoms. The first-order chi connectivity index (χ1) is 15.0. The highest BCUT2D eigenvalue weighted by Crippen LogP contribution is 2.36. The summed E-state index contributed by atoms with van der Waals surface area (Å²) in [5, 5.41) is 11.5. The lowest BCUT2D eigenvalue weighted by Crippen LogP contribution is -2.40. The standard InChI is InChI=1S/C20H20F6N6/c1-31-6-2-3-14(10-31)28-18-30-29-17(16-9-27-11-32(16)18)15-5-4-13(20(24,25)26)7-12(15)8-19(21,22)23/h4-5,7,9,11,14H,2-3,6,8,10H2,1H3,(H,28,30)/t14-/m1/s1. The van der Waals surface area contributed by atoms with Crippen molar-refractivity contribution in [2.75, 3.05) is 25.5 Å². The smallest absolute Gasteiger partial charge is 0.350 e. The van der Waals surface area contributed by atoms with Crippen LogP contribution in [0.5, 0.6) is 0 Å². The molecule has 12 heteroatoms. The normalized spacial score (nSPS) is 18.3. The second kappa shape index (κ2) is 8.23. The van der Waals surface area contributed by atoms with E-state index in [4.69, 9.17) is 0 Å². The Morgan fingerprint density at radius 1 is 1.12 bits per heavy atom. The van der Waals surface area contributed by atoms with Crippen LogP contribution < -0.4 is 5.32 Å². The van der Waals surface area contributed by atoms with Crippen molar-refractivity contribution in [3.63, 3.8) is 0 Å². The number of likely N-dealkylation sites (tertiary alicyclic amines) is 1. The fourth-order valence-electron chi connectivity index (χ4n) is 3.96. The van der Waals surface area contributed by atoms with Gasteiger partial charge in [0.1, 0.15) is 12.0 Å². The Kier molecular flexibility index (Phi) is 5.74. The molecule has 2 aromatic heterocycles. The van der Waals surface area contributed by atoms with Crippen molar-refractivity contribution >= 4 is 11.5 Å². The van der Waals surface area contributed by atoms with Crippen molar-refractivity contribution < 1.29 is 26.3 Å². The molecule has 0 unspecified atom stereocenters. The minimum Gasteiger partial charge on any atom is -0.350 e. The highest BCUT2D eigenvalue weighted by molar-refractivity contribution is 5.79. The van der Waals surface area contributed by atoms with Crippen LogP contribution in [0.15, 0.2) is 30.7 Å². The highest BCUT2D eigenvalue weighted by Gasteiger charge is 2.35. The van der Waals surface area contributed by atoms with E-state index in [1.54, 1.807) is 4.40 Å². The van der Waals surface area contributed by atoms with Crippen LogP contribution in [0.4, 0.5) is 32.3 Å². The number of hydrogen-bond donors (Lipinski definition) is 1. The van der Waals surface area contributed by atoms with Crippen molar-refractivity contribution in [2.24, 2.45) is 0 Å². The summed E-state index contributed by atoms with van der Waals surface area (Å²) in [7, 11) is 2.00. The second-order valence-electron chi connectivity index (χ2n) is 7.93. The number of nitrogens with zero attached hydrogens (tertiary/aromatic N) is 5. The SMILES string of the molecule is CN1CCC[C@@H](Nc2nnc(-c3ccc(C(F)(F)F)cc3CC(F)(F)F)c3cncn23)C1. The number of alkyl halides is 6. The number of halogens is 6. The maximum absolute atomic E-state index is 13.1. The van der Waals surface area contributed by atoms with E-state index in [1.807, 2.05) is 7.05 Å². The second-order valence-corrected chi connectivity index (χ2v) is 7.93. The molecule has 0 radical (unpaired) electrons. The summed E-state index contributed by atoms with van der Waals surface area (Å²) in [6.45, 7) is 1.77. The molecule has 0 amide bonds. The Bertz CT molecular complexity index is 1110. The number of imidazole rings is 1. The van der Waals surface area contributed by atoms with E-state index in [2.05, 4.69) is 25.4 Å². The molecule has 1 saturated heterocycles. The summed E-state index contributed by atoms with van der Waals surface area (Å²) < 4.78 is 80.2. The van der Waals surface area contributed by atoms with Crippen LogP contribution in [-0.2, 0) is 12.6 Å². The van der Waals surface area contributed by atoms with E-state index in [9.17, 15) is 26.3 Å². The molecule has 172 valence electrons. The zero-order valence-corrected chi connectivity index (χ0v) is 17.0. The summed E-state index contributed by atoms with van der Waals surface area (Å²) in [5.74, 6) is 0.367. The molecule has 1 N–H and O–H groups in total. The largest absolute Gasteiger partial charge is 0.416 e. The Labute approximate surface area is 179 Å². The zero-order valence-electron chi connectivity index (χ0n) is 17.0. The van der Waals surface area contributed by atoms with Gasteiger partial charge in [0.25, 0.3) is 0 Å². The highest BCUT2D eigenvalue weighted by atomic mass is 19.4. The topological polar surface area (TPSA) is 58.3 Å². The number of benzene rings is 1. The van der Waals surface area contributed by atoms with Crippen LogP contribution >= 0.6 is 0 Å². The number of piperidine rings is 1. The number of aromatic nitrogens is 4. The van der Waals surface area contributed by atoms with Crippen molar-refractivity contribution in [3.05, 3.63) is 41.9 Å². The molecule has 1 aliphatic rings. The Balaban J connectivity index is 1.76. The molecule has 3 heterocycles.